The van der Waals surface area contributed by atoms with Crippen molar-refractivity contribution in [3.05, 3.63) is 31.5 Å². The summed E-state index contributed by atoms with van der Waals surface area (Å²) in [5, 5.41) is 2.51. The summed E-state index contributed by atoms with van der Waals surface area (Å²) in [6, 6.07) is 0. The van der Waals surface area contributed by atoms with E-state index in [1.807, 2.05) is 17.0 Å². The smallest absolute Gasteiger partial charge is 0.241 e. The molecule has 0 aliphatic rings. The summed E-state index contributed by atoms with van der Waals surface area (Å²) in [5.41, 5.74) is 0. The van der Waals surface area contributed by atoms with Crippen LogP contribution in [0.25, 0.3) is 0 Å². The third-order valence-corrected chi connectivity index (χ3v) is 1.46. The highest BCUT2D eigenvalue weighted by molar-refractivity contribution is 5.76. The van der Waals surface area contributed by atoms with Gasteiger partial charge in [-0.2, -0.15) is 0 Å². The summed E-state index contributed by atoms with van der Waals surface area (Å²) in [4.78, 5) is 13.8. The molecule has 64 valence electrons. The molecule has 4 heteroatoms. The first kappa shape index (κ1) is 8.52. The van der Waals surface area contributed by atoms with Gasteiger partial charge in [0.2, 0.25) is 12.2 Å². The van der Waals surface area contributed by atoms with Crippen LogP contribution in [0.4, 0.5) is 0 Å². The molecule has 0 unspecified atom stereocenters. The Bertz CT molecular complexity index is 253. The van der Waals surface area contributed by atoms with Crippen molar-refractivity contribution < 1.29 is 9.36 Å². The molecule has 0 fully saturated rings. The maximum Gasteiger partial charge on any atom is 0.241 e. The summed E-state index contributed by atoms with van der Waals surface area (Å²) < 4.78 is 1.91. The van der Waals surface area contributed by atoms with Gasteiger partial charge < -0.3 is 5.32 Å². The van der Waals surface area contributed by atoms with Crippen LogP contribution in [0.2, 0.25) is 0 Å². The van der Waals surface area contributed by atoms with Crippen molar-refractivity contribution in [3.8, 4) is 0 Å². The molecule has 1 amide bonds. The third kappa shape index (κ3) is 2.57. The lowest BCUT2D eigenvalue weighted by molar-refractivity contribution is -0.694. The van der Waals surface area contributed by atoms with Gasteiger partial charge in [-0.05, 0) is 6.20 Å². The number of carbonyl (C=O) groups excluding carboxylic acids is 1. The van der Waals surface area contributed by atoms with E-state index in [2.05, 4.69) is 16.9 Å². The summed E-state index contributed by atoms with van der Waals surface area (Å²) in [5.74, 6) is -0.0151. The van der Waals surface area contributed by atoms with Crippen molar-refractivity contribution in [2.24, 2.45) is 0 Å². The second-order valence-corrected chi connectivity index (χ2v) is 2.37. The minimum Gasteiger partial charge on any atom is -0.333 e. The van der Waals surface area contributed by atoms with Crippen LogP contribution in [-0.2, 0) is 11.3 Å². The average Bonchev–Trinajstić information content (AvgIpc) is 2.53. The predicted molar refractivity (Wildman–Crippen MR) is 43.9 cm³/mol. The van der Waals surface area contributed by atoms with E-state index in [-0.39, 0.29) is 5.91 Å². The number of aromatic amines is 1. The fraction of sp³-hybridized carbons (Fsp3) is 0.250. The van der Waals surface area contributed by atoms with Crippen molar-refractivity contribution in [1.29, 1.82) is 0 Å². The Kier molecular flexibility index (Phi) is 3.07. The number of imidazole rings is 1. The summed E-state index contributed by atoms with van der Waals surface area (Å²) >= 11 is 0. The molecule has 4 nitrogen and oxygen atoms in total. The lowest BCUT2D eigenvalue weighted by Crippen LogP contribution is -2.33. The number of nitrogens with zero attached hydrogens (tertiary/aromatic N) is 1. The second kappa shape index (κ2) is 4.33. The van der Waals surface area contributed by atoms with Gasteiger partial charge in [0.05, 0.1) is 13.0 Å². The fourth-order valence-electron chi connectivity index (χ4n) is 0.876. The Morgan fingerprint density at radius 2 is 2.58 bits per heavy atom. The van der Waals surface area contributed by atoms with E-state index in [0.717, 1.165) is 0 Å². The maximum atomic E-state index is 10.9. The molecule has 1 rings (SSSR count). The largest absolute Gasteiger partial charge is 0.333 e. The lowest BCUT2D eigenvalue weighted by Gasteiger charge is -1.96. The van der Waals surface area contributed by atoms with Crippen LogP contribution >= 0.6 is 0 Å². The summed E-state index contributed by atoms with van der Waals surface area (Å²) in [6.45, 7) is 4.08. The van der Waals surface area contributed by atoms with E-state index in [0.29, 0.717) is 13.0 Å². The van der Waals surface area contributed by atoms with E-state index >= 15 is 0 Å². The van der Waals surface area contributed by atoms with E-state index in [1.165, 1.54) is 6.20 Å². The standard InChI is InChI=1S/C8H11N3O/c1-2-10-8(12)3-5-11-6-4-9-7-11/h2,4,6-7H,1,3,5H2,(H,10,12)/p+1. The van der Waals surface area contributed by atoms with Crippen LogP contribution in [0.15, 0.2) is 31.5 Å². The van der Waals surface area contributed by atoms with E-state index in [9.17, 15) is 4.79 Å². The molecule has 12 heavy (non-hydrogen) atoms. The van der Waals surface area contributed by atoms with Gasteiger partial charge in [0, 0.05) is 0 Å². The molecule has 0 bridgehead atoms. The highest BCUT2D eigenvalue weighted by atomic mass is 16.1. The van der Waals surface area contributed by atoms with Crippen molar-refractivity contribution in [3.63, 3.8) is 0 Å². The number of rotatable bonds is 4. The van der Waals surface area contributed by atoms with Gasteiger partial charge in [-0.15, -0.1) is 0 Å². The predicted octanol–water partition coefficient (Wildman–Crippen LogP) is -0.0480. The number of amides is 1. The first-order valence-corrected chi connectivity index (χ1v) is 3.75. The summed E-state index contributed by atoms with van der Waals surface area (Å²) in [6.07, 6.45) is 7.35. The molecule has 2 N–H and O–H groups in total. The molecule has 1 aromatic heterocycles. The highest BCUT2D eigenvalue weighted by Crippen LogP contribution is 1.80. The molecule has 0 aliphatic carbocycles. The number of H-pyrrole nitrogens is 1. The molecule has 0 radical (unpaired) electrons. The monoisotopic (exact) mass is 166 g/mol. The first-order valence-electron chi connectivity index (χ1n) is 3.75. The molecule has 0 aromatic carbocycles. The van der Waals surface area contributed by atoms with Gasteiger partial charge >= 0.3 is 0 Å². The Labute approximate surface area is 70.9 Å². The van der Waals surface area contributed by atoms with Gasteiger partial charge in [0.15, 0.2) is 0 Å². The van der Waals surface area contributed by atoms with E-state index in [4.69, 9.17) is 0 Å². The fourth-order valence-corrected chi connectivity index (χ4v) is 0.876. The number of hydrogen-bond acceptors (Lipinski definition) is 1. The van der Waals surface area contributed by atoms with Crippen molar-refractivity contribution in [2.45, 2.75) is 13.0 Å². The Morgan fingerprint density at radius 3 is 3.17 bits per heavy atom. The minimum atomic E-state index is -0.0151. The molecule has 0 spiro atoms. The third-order valence-electron chi connectivity index (χ3n) is 1.46. The van der Waals surface area contributed by atoms with E-state index < -0.39 is 0 Å². The highest BCUT2D eigenvalue weighted by Gasteiger charge is 2.01. The van der Waals surface area contributed by atoms with Crippen LogP contribution in [-0.4, -0.2) is 10.9 Å². The number of carbonyl (C=O) groups is 1. The second-order valence-electron chi connectivity index (χ2n) is 2.37. The van der Waals surface area contributed by atoms with Gasteiger partial charge in [0.25, 0.3) is 0 Å². The number of aryl methyl sites for hydroxylation is 1. The van der Waals surface area contributed by atoms with Crippen molar-refractivity contribution >= 4 is 5.91 Å². The number of hydrogen-bond donors (Lipinski definition) is 2. The minimum absolute atomic E-state index is 0.0151. The Morgan fingerprint density at radius 1 is 1.75 bits per heavy atom. The van der Waals surface area contributed by atoms with Gasteiger partial charge in [-0.3, -0.25) is 9.78 Å². The zero-order chi connectivity index (χ0) is 8.81. The van der Waals surface area contributed by atoms with Gasteiger partial charge in [-0.1, -0.05) is 6.58 Å². The molecule has 0 saturated heterocycles. The maximum absolute atomic E-state index is 10.9. The topological polar surface area (TPSA) is 48.8 Å². The van der Waals surface area contributed by atoms with Crippen molar-refractivity contribution in [1.82, 2.24) is 10.3 Å². The van der Waals surface area contributed by atoms with Crippen LogP contribution in [0.1, 0.15) is 6.42 Å². The van der Waals surface area contributed by atoms with Gasteiger partial charge in [-0.25, -0.2) is 4.57 Å². The van der Waals surface area contributed by atoms with Crippen LogP contribution < -0.4 is 9.88 Å². The van der Waals surface area contributed by atoms with Crippen LogP contribution in [0.5, 0.6) is 0 Å². The molecular weight excluding hydrogens is 154 g/mol. The van der Waals surface area contributed by atoms with Crippen molar-refractivity contribution in [2.75, 3.05) is 0 Å². The number of nitrogens with one attached hydrogen (secondary N) is 2. The van der Waals surface area contributed by atoms with Crippen LogP contribution in [0.3, 0.4) is 0 Å². The Balaban J connectivity index is 2.26. The van der Waals surface area contributed by atoms with Crippen LogP contribution in [0, 0.1) is 0 Å². The summed E-state index contributed by atoms with van der Waals surface area (Å²) in [7, 11) is 0. The number of aromatic nitrogens is 2. The molecule has 1 aromatic rings. The average molecular weight is 166 g/mol. The SMILES string of the molecule is C=CNC(=O)CC[n+]1cc[nH]c1. The quantitative estimate of drug-likeness (QED) is 0.605. The molecular formula is C8H12N3O+. The lowest BCUT2D eigenvalue weighted by atomic mass is 10.4. The van der Waals surface area contributed by atoms with Gasteiger partial charge in [0.1, 0.15) is 12.4 Å². The molecule has 0 aliphatic heterocycles. The first-order chi connectivity index (χ1) is 5.83. The zero-order valence-electron chi connectivity index (χ0n) is 6.79. The zero-order valence-corrected chi connectivity index (χ0v) is 6.79. The van der Waals surface area contributed by atoms with E-state index in [1.54, 1.807) is 6.33 Å². The molecule has 1 heterocycles. The Hall–Kier alpha value is -1.58. The molecule has 0 saturated carbocycles. The molecule has 0 atom stereocenters. The normalized spacial score (nSPS) is 9.33.